The van der Waals surface area contributed by atoms with Crippen molar-refractivity contribution in [2.45, 2.75) is 19.3 Å². The summed E-state index contributed by atoms with van der Waals surface area (Å²) in [6.45, 7) is 8.78. The number of hydrogen-bond acceptors (Lipinski definition) is 5. The van der Waals surface area contributed by atoms with Gasteiger partial charge in [-0.05, 0) is 52.5 Å². The minimum atomic E-state index is 0.00660. The number of anilines is 3. The molecule has 2 aromatic rings. The number of nitriles is 1. The molecule has 2 aliphatic rings. The molecule has 0 aliphatic carbocycles. The lowest BCUT2D eigenvalue weighted by Gasteiger charge is -1.97. The van der Waals surface area contributed by atoms with E-state index in [1.807, 2.05) is 33.6 Å². The lowest BCUT2D eigenvalue weighted by Crippen LogP contribution is -2.03. The van der Waals surface area contributed by atoms with Crippen LogP contribution in [-0.4, -0.2) is 29.6 Å². The average Bonchev–Trinajstić information content (AvgIpc) is 3.56. The Kier molecular flexibility index (Phi) is 18.2. The molecule has 10 heteroatoms. The van der Waals surface area contributed by atoms with E-state index in [0.717, 1.165) is 24.5 Å². The molecule has 2 aliphatic heterocycles. The standard InChI is InChI=1S/C9H6N2O.C7H7N3.C4H8O.2CH3I.HI/c1-10-7-2-3-8-6(4-7)5-9(12)11-8;8-4-5-1-2-6(9)7(10)3-5;1-2-4-5-3-1;2*1-2;/h2-4H,5H2,(H,11,12);1-3H,9-10H2;1-4H2;2*1H3;1H/i;;;1D;;/hD. The molecule has 5 N–H and O–H groups in total. The summed E-state index contributed by atoms with van der Waals surface area (Å²) in [6, 6.07) is 12.0. The second-order valence-electron chi connectivity index (χ2n) is 5.95. The minimum Gasteiger partial charge on any atom is -0.397 e. The van der Waals surface area contributed by atoms with Crippen molar-refractivity contribution in [1.29, 1.82) is 5.86 Å². The van der Waals surface area contributed by atoms with E-state index in [4.69, 9.17) is 30.0 Å². The first-order valence-corrected chi connectivity index (χ1v) is 12.8. The molecule has 4 rings (SSSR count). The summed E-state index contributed by atoms with van der Waals surface area (Å²) in [5.74, 6) is 0.00660. The highest BCUT2D eigenvalue weighted by Gasteiger charge is 2.16. The van der Waals surface area contributed by atoms with E-state index in [2.05, 4.69) is 32.8 Å². The van der Waals surface area contributed by atoms with Crippen LogP contribution < -0.4 is 16.8 Å². The highest BCUT2D eigenvalue weighted by atomic mass is 127. The summed E-state index contributed by atoms with van der Waals surface area (Å²) in [7, 11) is 0. The zero-order valence-corrected chi connectivity index (χ0v) is 24.2. The molecular formula is C22H28I3N5O2. The molecule has 1 fully saturated rings. The molecule has 0 unspecified atom stereocenters. The number of carbonyl (C=O) groups is 1. The van der Waals surface area contributed by atoms with E-state index < -0.39 is 0 Å². The number of ether oxygens (including phenoxy) is 1. The average molecular weight is 777 g/mol. The number of fused-ring (bicyclic) bond motifs is 1. The van der Waals surface area contributed by atoms with Crippen LogP contribution in [0.4, 0.5) is 22.7 Å². The maximum atomic E-state index is 10.9. The molecule has 1 saturated heterocycles. The van der Waals surface area contributed by atoms with E-state index in [0.29, 0.717) is 34.0 Å². The van der Waals surface area contributed by atoms with Crippen LogP contribution in [-0.2, 0) is 16.0 Å². The predicted molar refractivity (Wildman–Crippen MR) is 160 cm³/mol. The van der Waals surface area contributed by atoms with Gasteiger partial charge in [-0.25, -0.2) is 4.85 Å². The Labute approximate surface area is 236 Å². The van der Waals surface area contributed by atoms with Crippen molar-refractivity contribution in [2.24, 2.45) is 0 Å². The molecular weight excluding hydrogens is 747 g/mol. The fourth-order valence-electron chi connectivity index (χ4n) is 2.44. The van der Waals surface area contributed by atoms with Crippen molar-refractivity contribution in [3.05, 3.63) is 58.9 Å². The quantitative estimate of drug-likeness (QED) is 0.132. The molecule has 0 saturated carbocycles. The Balaban J connectivity index is 0. The number of hydrogen-bond donors (Lipinski definition) is 3. The summed E-state index contributed by atoms with van der Waals surface area (Å²) >= 11 is 5.51. The van der Waals surface area contributed by atoms with Crippen LogP contribution in [0.1, 0.15) is 25.3 Å². The second-order valence-corrected chi connectivity index (χ2v) is 5.95. The van der Waals surface area contributed by atoms with E-state index in [1.165, 1.54) is 36.6 Å². The topological polar surface area (TPSA) is 119 Å². The van der Waals surface area contributed by atoms with Gasteiger partial charge in [-0.3, -0.25) is 4.79 Å². The maximum absolute atomic E-state index is 10.9. The van der Waals surface area contributed by atoms with Crippen molar-refractivity contribution < 1.29 is 10.9 Å². The lowest BCUT2D eigenvalue weighted by molar-refractivity contribution is -0.115. The monoisotopic (exact) mass is 777 g/mol. The number of nitrogen functional groups attached to an aromatic ring is 2. The normalized spacial score (nSPS) is 12.5. The van der Waals surface area contributed by atoms with Crippen LogP contribution in [0.3, 0.4) is 0 Å². The SMILES string of the molecule is C1CCOC1.CI.N#Cc1ccc(N)c(N)c1.[2H]CI.[2H]I.[C-]#[N+]c1ccc2c(c1)CC(=O)N2. The molecule has 174 valence electrons. The predicted octanol–water partition coefficient (Wildman–Crippen LogP) is 5.97. The number of amides is 1. The molecule has 0 radical (unpaired) electrons. The zero-order chi connectivity index (χ0) is 26.4. The van der Waals surface area contributed by atoms with Gasteiger partial charge in [-0.2, -0.15) is 5.26 Å². The number of halogens is 3. The van der Waals surface area contributed by atoms with E-state index in [9.17, 15) is 4.79 Å². The van der Waals surface area contributed by atoms with Crippen LogP contribution in [0, 0.1) is 17.9 Å². The Bertz CT molecular complexity index is 926. The molecule has 32 heavy (non-hydrogen) atoms. The van der Waals surface area contributed by atoms with Crippen LogP contribution >= 0.6 is 69.0 Å². The summed E-state index contributed by atoms with van der Waals surface area (Å²) in [6.07, 6.45) is 2.96. The van der Waals surface area contributed by atoms with Gasteiger partial charge in [0.15, 0.2) is 5.69 Å². The first-order chi connectivity index (χ1) is 16.4. The molecule has 2 aromatic carbocycles. The van der Waals surface area contributed by atoms with Gasteiger partial charge in [-0.15, -0.1) is 23.8 Å². The number of rotatable bonds is 0. The molecule has 0 spiro atoms. The van der Waals surface area contributed by atoms with Crippen molar-refractivity contribution in [1.82, 2.24) is 0 Å². The third-order valence-electron chi connectivity index (χ3n) is 3.89. The number of alkyl halides is 2. The van der Waals surface area contributed by atoms with Crippen molar-refractivity contribution >= 4 is 97.6 Å². The highest BCUT2D eigenvalue weighted by molar-refractivity contribution is 14.1. The van der Waals surface area contributed by atoms with Crippen molar-refractivity contribution in [2.75, 3.05) is 39.8 Å². The van der Waals surface area contributed by atoms with Crippen LogP contribution in [0.25, 0.3) is 4.85 Å². The molecule has 0 aromatic heterocycles. The Morgan fingerprint density at radius 3 is 2.31 bits per heavy atom. The van der Waals surface area contributed by atoms with E-state index >= 15 is 0 Å². The molecule has 2 heterocycles. The van der Waals surface area contributed by atoms with E-state index in [-0.39, 0.29) is 5.91 Å². The smallest absolute Gasteiger partial charge is 0.228 e. The minimum absolute atomic E-state index is 0.00660. The fraction of sp³-hybridized carbons (Fsp3) is 0.318. The van der Waals surface area contributed by atoms with Gasteiger partial charge in [-0.1, -0.05) is 57.3 Å². The van der Waals surface area contributed by atoms with Crippen LogP contribution in [0.2, 0.25) is 0 Å². The molecule has 7 nitrogen and oxygen atoms in total. The summed E-state index contributed by atoms with van der Waals surface area (Å²) in [5, 5.41) is 11.1. The van der Waals surface area contributed by atoms with Crippen LogP contribution in [0.5, 0.6) is 0 Å². The largest absolute Gasteiger partial charge is 0.397 e. The number of nitrogens with zero attached hydrogens (tertiary/aromatic N) is 2. The number of nitrogens with two attached hydrogens (primary N) is 2. The first-order valence-electron chi connectivity index (χ1n) is 10.2. The Hall–Kier alpha value is -1.36. The number of benzene rings is 2. The highest BCUT2D eigenvalue weighted by Crippen LogP contribution is 2.27. The zero-order valence-electron chi connectivity index (χ0n) is 19.7. The van der Waals surface area contributed by atoms with Crippen molar-refractivity contribution in [3.63, 3.8) is 0 Å². The number of nitrogens with one attached hydrogen (secondary N) is 1. The lowest BCUT2D eigenvalue weighted by atomic mass is 10.1. The van der Waals surface area contributed by atoms with Crippen LogP contribution in [0.15, 0.2) is 36.4 Å². The van der Waals surface area contributed by atoms with E-state index in [1.54, 1.807) is 36.4 Å². The first kappa shape index (κ1) is 28.7. The third-order valence-corrected chi connectivity index (χ3v) is 3.89. The van der Waals surface area contributed by atoms with Gasteiger partial charge in [0.25, 0.3) is 0 Å². The number of carbonyl (C=O) groups excluding carboxylic acids is 1. The Morgan fingerprint density at radius 2 is 1.84 bits per heavy atom. The van der Waals surface area contributed by atoms with Gasteiger partial charge >= 0.3 is 0 Å². The van der Waals surface area contributed by atoms with Gasteiger partial charge in [0.1, 0.15) is 0.594 Å². The maximum Gasteiger partial charge on any atom is 0.228 e. The molecule has 0 bridgehead atoms. The summed E-state index contributed by atoms with van der Waals surface area (Å²) < 4.78 is 16.9. The van der Waals surface area contributed by atoms with Gasteiger partial charge < -0.3 is 21.5 Å². The molecule has 0 atom stereocenters. The van der Waals surface area contributed by atoms with Crippen molar-refractivity contribution in [3.8, 4) is 6.07 Å². The van der Waals surface area contributed by atoms with Gasteiger partial charge in [0, 0.05) is 20.3 Å². The Morgan fingerprint density at radius 1 is 1.22 bits per heavy atom. The van der Waals surface area contributed by atoms with Gasteiger partial charge in [0.2, 0.25) is 5.91 Å². The molecule has 1 amide bonds. The third kappa shape index (κ3) is 12.6. The fourth-order valence-corrected chi connectivity index (χ4v) is 2.44. The second kappa shape index (κ2) is 20.3. The summed E-state index contributed by atoms with van der Waals surface area (Å²) in [5.41, 5.74) is 14.7. The summed E-state index contributed by atoms with van der Waals surface area (Å²) in [4.78, 5) is 16.6. The van der Waals surface area contributed by atoms with Gasteiger partial charge in [0.05, 0.1) is 36.0 Å².